The fourth-order valence-electron chi connectivity index (χ4n) is 3.19. The number of aliphatic hydroxyl groups is 1. The summed E-state index contributed by atoms with van der Waals surface area (Å²) in [6.07, 6.45) is 1.80. The van der Waals surface area contributed by atoms with E-state index in [-0.39, 0.29) is 17.4 Å². The summed E-state index contributed by atoms with van der Waals surface area (Å²) in [5, 5.41) is 15.3. The smallest absolute Gasteiger partial charge is 0.244 e. The van der Waals surface area contributed by atoms with Crippen LogP contribution in [0.15, 0.2) is 35.2 Å². The molecule has 6 nitrogen and oxygen atoms in total. The van der Waals surface area contributed by atoms with Crippen molar-refractivity contribution in [2.75, 3.05) is 6.54 Å². The van der Waals surface area contributed by atoms with Crippen LogP contribution in [0.25, 0.3) is 0 Å². The highest BCUT2D eigenvalue weighted by atomic mass is 32.2. The van der Waals surface area contributed by atoms with Crippen molar-refractivity contribution in [1.82, 2.24) is 14.5 Å². The van der Waals surface area contributed by atoms with Crippen LogP contribution in [-0.2, 0) is 22.7 Å². The van der Waals surface area contributed by atoms with Crippen molar-refractivity contribution in [1.29, 1.82) is 0 Å². The first-order valence-corrected chi connectivity index (χ1v) is 9.52. The van der Waals surface area contributed by atoms with Gasteiger partial charge in [-0.15, -0.1) is 0 Å². The molecule has 7 heteroatoms. The average molecular weight is 349 g/mol. The number of aromatic nitrogens is 2. The largest absolute Gasteiger partial charge is 0.383 e. The number of hydrogen-bond donors (Lipinski definition) is 2. The van der Waals surface area contributed by atoms with E-state index < -0.39 is 15.6 Å². The van der Waals surface area contributed by atoms with Gasteiger partial charge in [-0.25, -0.2) is 13.1 Å². The van der Waals surface area contributed by atoms with E-state index in [1.165, 1.54) is 0 Å². The molecule has 0 saturated heterocycles. The quantitative estimate of drug-likeness (QED) is 0.830. The summed E-state index contributed by atoms with van der Waals surface area (Å²) in [6.45, 7) is 3.35. The zero-order valence-electron chi connectivity index (χ0n) is 14.2. The third-order valence-electron chi connectivity index (χ3n) is 4.77. The Morgan fingerprint density at radius 1 is 1.29 bits per heavy atom. The Labute approximate surface area is 142 Å². The maximum atomic E-state index is 12.7. The zero-order valence-corrected chi connectivity index (χ0v) is 15.0. The highest BCUT2D eigenvalue weighted by Gasteiger charge is 2.45. The van der Waals surface area contributed by atoms with Crippen molar-refractivity contribution in [3.8, 4) is 0 Å². The van der Waals surface area contributed by atoms with Crippen LogP contribution < -0.4 is 4.72 Å². The molecule has 1 aromatic carbocycles. The van der Waals surface area contributed by atoms with E-state index in [9.17, 15) is 13.5 Å². The second kappa shape index (κ2) is 5.98. The number of hydrogen-bond acceptors (Lipinski definition) is 4. The van der Waals surface area contributed by atoms with E-state index in [4.69, 9.17) is 0 Å². The molecule has 1 aromatic heterocycles. The van der Waals surface area contributed by atoms with Crippen LogP contribution in [0.4, 0.5) is 0 Å². The molecule has 1 heterocycles. The fourth-order valence-corrected chi connectivity index (χ4v) is 4.70. The molecule has 2 aromatic rings. The fraction of sp³-hybridized carbons (Fsp3) is 0.471. The Hall–Kier alpha value is -1.70. The van der Waals surface area contributed by atoms with Gasteiger partial charge in [-0.2, -0.15) is 5.10 Å². The summed E-state index contributed by atoms with van der Waals surface area (Å²) >= 11 is 0. The van der Waals surface area contributed by atoms with Gasteiger partial charge in [0.1, 0.15) is 10.5 Å². The molecule has 0 radical (unpaired) electrons. The second-order valence-corrected chi connectivity index (χ2v) is 8.22. The lowest BCUT2D eigenvalue weighted by Gasteiger charge is -2.29. The van der Waals surface area contributed by atoms with Gasteiger partial charge in [-0.05, 0) is 38.2 Å². The second-order valence-electron chi connectivity index (χ2n) is 6.51. The van der Waals surface area contributed by atoms with Crippen molar-refractivity contribution >= 4 is 10.0 Å². The molecule has 24 heavy (non-hydrogen) atoms. The lowest BCUT2D eigenvalue weighted by molar-refractivity contribution is 0.0185. The first-order chi connectivity index (χ1) is 11.3. The lowest BCUT2D eigenvalue weighted by Crippen LogP contribution is -2.42. The molecular formula is C17H23N3O3S. The Balaban J connectivity index is 1.87. The van der Waals surface area contributed by atoms with Crippen LogP contribution in [0.3, 0.4) is 0 Å². The van der Waals surface area contributed by atoms with E-state index >= 15 is 0 Å². The Kier molecular flexibility index (Phi) is 4.27. The van der Waals surface area contributed by atoms with Crippen molar-refractivity contribution in [3.05, 3.63) is 47.3 Å². The maximum Gasteiger partial charge on any atom is 0.244 e. The topological polar surface area (TPSA) is 84.2 Å². The summed E-state index contributed by atoms with van der Waals surface area (Å²) in [5.41, 5.74) is 0.597. The molecule has 0 amide bonds. The summed E-state index contributed by atoms with van der Waals surface area (Å²) in [5.74, 6) is 0.0821. The molecule has 2 N–H and O–H groups in total. The lowest BCUT2D eigenvalue weighted by atomic mass is 9.89. The van der Waals surface area contributed by atoms with Crippen molar-refractivity contribution in [3.63, 3.8) is 0 Å². The highest BCUT2D eigenvalue weighted by molar-refractivity contribution is 7.89. The van der Waals surface area contributed by atoms with Gasteiger partial charge < -0.3 is 5.11 Å². The standard InChI is InChI=1S/C17H23N3O3S/c1-12-16(13(2)20(3)19-12)24(22,23)18-11-17(21,15-9-10-15)14-7-5-4-6-8-14/h4-8,15,18,21H,9-11H2,1-3H3/t17-/m1/s1. The maximum absolute atomic E-state index is 12.7. The van der Waals surface area contributed by atoms with E-state index in [2.05, 4.69) is 9.82 Å². The van der Waals surface area contributed by atoms with Crippen LogP contribution >= 0.6 is 0 Å². The predicted octanol–water partition coefficient (Wildman–Crippen LogP) is 1.61. The minimum atomic E-state index is -3.74. The minimum Gasteiger partial charge on any atom is -0.383 e. The van der Waals surface area contributed by atoms with Gasteiger partial charge in [0.15, 0.2) is 0 Å². The SMILES string of the molecule is Cc1nn(C)c(C)c1S(=O)(=O)NC[C@@](O)(c1ccccc1)C1CC1. The number of benzene rings is 1. The summed E-state index contributed by atoms with van der Waals surface area (Å²) < 4.78 is 29.6. The van der Waals surface area contributed by atoms with Crippen molar-refractivity contribution in [2.24, 2.45) is 13.0 Å². The van der Waals surface area contributed by atoms with E-state index in [1.54, 1.807) is 25.6 Å². The van der Waals surface area contributed by atoms with Crippen LogP contribution in [0.2, 0.25) is 0 Å². The minimum absolute atomic E-state index is 0.0439. The van der Waals surface area contributed by atoms with Crippen LogP contribution in [-0.4, -0.2) is 29.8 Å². The van der Waals surface area contributed by atoms with Crippen LogP contribution in [0, 0.1) is 19.8 Å². The summed E-state index contributed by atoms with van der Waals surface area (Å²) in [6, 6.07) is 9.27. The van der Waals surface area contributed by atoms with Gasteiger partial charge >= 0.3 is 0 Å². The zero-order chi connectivity index (χ0) is 17.5. The summed E-state index contributed by atoms with van der Waals surface area (Å²) in [4.78, 5) is 0.191. The number of rotatable bonds is 6. The van der Waals surface area contributed by atoms with Gasteiger partial charge in [0.05, 0.1) is 11.4 Å². The van der Waals surface area contributed by atoms with Crippen LogP contribution in [0.1, 0.15) is 29.8 Å². The molecule has 1 saturated carbocycles. The highest BCUT2D eigenvalue weighted by Crippen LogP contribution is 2.45. The average Bonchev–Trinajstić information content (AvgIpc) is 3.35. The molecule has 3 rings (SSSR count). The molecule has 0 aliphatic heterocycles. The molecule has 0 unspecified atom stereocenters. The number of sulfonamides is 1. The van der Waals surface area contributed by atoms with Crippen molar-refractivity contribution < 1.29 is 13.5 Å². The monoisotopic (exact) mass is 349 g/mol. The summed E-state index contributed by atoms with van der Waals surface area (Å²) in [7, 11) is -2.03. The first-order valence-electron chi connectivity index (χ1n) is 8.03. The Bertz CT molecular complexity index is 841. The van der Waals surface area contributed by atoms with Gasteiger partial charge in [0.25, 0.3) is 0 Å². The molecular weight excluding hydrogens is 326 g/mol. The van der Waals surface area contributed by atoms with Gasteiger partial charge in [-0.1, -0.05) is 30.3 Å². The first kappa shape index (κ1) is 17.1. The predicted molar refractivity (Wildman–Crippen MR) is 90.9 cm³/mol. The van der Waals surface area contributed by atoms with E-state index in [0.717, 1.165) is 18.4 Å². The van der Waals surface area contributed by atoms with E-state index in [1.807, 2.05) is 30.3 Å². The Morgan fingerprint density at radius 2 is 1.92 bits per heavy atom. The van der Waals surface area contributed by atoms with Gasteiger partial charge in [-0.3, -0.25) is 4.68 Å². The van der Waals surface area contributed by atoms with Gasteiger partial charge in [0, 0.05) is 13.6 Å². The Morgan fingerprint density at radius 3 is 2.42 bits per heavy atom. The third-order valence-corrected chi connectivity index (χ3v) is 6.42. The van der Waals surface area contributed by atoms with E-state index in [0.29, 0.717) is 11.4 Å². The van der Waals surface area contributed by atoms with Crippen LogP contribution in [0.5, 0.6) is 0 Å². The normalized spacial score (nSPS) is 17.7. The molecule has 1 atom stereocenters. The molecule has 130 valence electrons. The third kappa shape index (κ3) is 2.99. The number of aryl methyl sites for hydroxylation is 2. The number of nitrogens with zero attached hydrogens (tertiary/aromatic N) is 2. The molecule has 0 bridgehead atoms. The molecule has 1 aliphatic rings. The van der Waals surface area contributed by atoms with Crippen molar-refractivity contribution in [2.45, 2.75) is 37.2 Å². The molecule has 1 aliphatic carbocycles. The number of nitrogens with one attached hydrogen (secondary N) is 1. The molecule has 1 fully saturated rings. The molecule has 0 spiro atoms. The van der Waals surface area contributed by atoms with Gasteiger partial charge in [0.2, 0.25) is 10.0 Å².